The summed E-state index contributed by atoms with van der Waals surface area (Å²) in [7, 11) is 0. The number of hydrogen-bond donors (Lipinski definition) is 2. The molecular formula is C14H26N2O2. The van der Waals surface area contributed by atoms with Crippen molar-refractivity contribution in [3.63, 3.8) is 0 Å². The van der Waals surface area contributed by atoms with Gasteiger partial charge in [0.2, 0.25) is 0 Å². The lowest BCUT2D eigenvalue weighted by Gasteiger charge is -2.38. The molecule has 0 aromatic carbocycles. The van der Waals surface area contributed by atoms with Crippen LogP contribution in [0, 0.1) is 11.3 Å². The van der Waals surface area contributed by atoms with Gasteiger partial charge in [-0.05, 0) is 46.1 Å². The fourth-order valence-electron chi connectivity index (χ4n) is 3.28. The molecule has 1 heterocycles. The number of carbonyl (C=O) groups is 1. The van der Waals surface area contributed by atoms with Crippen molar-refractivity contribution in [2.24, 2.45) is 11.3 Å². The second-order valence-corrected chi connectivity index (χ2v) is 6.79. The van der Waals surface area contributed by atoms with Crippen LogP contribution < -0.4 is 10.6 Å². The van der Waals surface area contributed by atoms with Gasteiger partial charge in [0.15, 0.2) is 0 Å². The maximum absolute atomic E-state index is 11.7. The van der Waals surface area contributed by atoms with E-state index in [1.807, 2.05) is 20.8 Å². The normalized spacial score (nSPS) is 31.8. The summed E-state index contributed by atoms with van der Waals surface area (Å²) in [5, 5.41) is 6.45. The van der Waals surface area contributed by atoms with Gasteiger partial charge in [0.1, 0.15) is 5.60 Å². The van der Waals surface area contributed by atoms with Gasteiger partial charge in [0, 0.05) is 18.5 Å². The quantitative estimate of drug-likeness (QED) is 0.795. The van der Waals surface area contributed by atoms with E-state index >= 15 is 0 Å². The molecule has 4 heteroatoms. The molecule has 1 amide bonds. The Bertz CT molecular complexity index is 311. The first-order valence-electron chi connectivity index (χ1n) is 7.09. The van der Waals surface area contributed by atoms with E-state index in [0.29, 0.717) is 0 Å². The van der Waals surface area contributed by atoms with Crippen molar-refractivity contribution >= 4 is 6.09 Å². The van der Waals surface area contributed by atoms with Crippen LogP contribution in [0.1, 0.15) is 46.5 Å². The van der Waals surface area contributed by atoms with Crippen LogP contribution in [0.2, 0.25) is 0 Å². The highest BCUT2D eigenvalue weighted by Gasteiger charge is 2.44. The molecule has 0 aromatic rings. The lowest BCUT2D eigenvalue weighted by molar-refractivity contribution is 0.0469. The minimum absolute atomic E-state index is 0.273. The molecule has 2 N–H and O–H groups in total. The van der Waals surface area contributed by atoms with Gasteiger partial charge in [-0.15, -0.1) is 0 Å². The van der Waals surface area contributed by atoms with Crippen LogP contribution in [0.25, 0.3) is 0 Å². The highest BCUT2D eigenvalue weighted by atomic mass is 16.6. The van der Waals surface area contributed by atoms with Crippen LogP contribution in [-0.2, 0) is 4.74 Å². The van der Waals surface area contributed by atoms with Crippen LogP contribution in [-0.4, -0.2) is 31.3 Å². The molecule has 4 nitrogen and oxygen atoms in total. The molecule has 2 unspecified atom stereocenters. The van der Waals surface area contributed by atoms with Crippen LogP contribution in [0.3, 0.4) is 0 Å². The highest BCUT2D eigenvalue weighted by molar-refractivity contribution is 5.67. The molecule has 0 radical (unpaired) electrons. The van der Waals surface area contributed by atoms with Gasteiger partial charge in [-0.25, -0.2) is 4.79 Å². The van der Waals surface area contributed by atoms with Crippen molar-refractivity contribution in [2.75, 3.05) is 19.6 Å². The molecule has 0 aromatic heterocycles. The van der Waals surface area contributed by atoms with E-state index in [9.17, 15) is 4.79 Å². The lowest BCUT2D eigenvalue weighted by atomic mass is 9.68. The second kappa shape index (κ2) is 5.08. The third-order valence-corrected chi connectivity index (χ3v) is 4.19. The van der Waals surface area contributed by atoms with E-state index in [1.54, 1.807) is 0 Å². The van der Waals surface area contributed by atoms with Crippen molar-refractivity contribution < 1.29 is 9.53 Å². The number of ether oxygens (including phenoxy) is 1. The van der Waals surface area contributed by atoms with Crippen molar-refractivity contribution in [3.05, 3.63) is 0 Å². The molecule has 1 saturated carbocycles. The summed E-state index contributed by atoms with van der Waals surface area (Å²) in [4.78, 5) is 11.7. The zero-order valence-electron chi connectivity index (χ0n) is 11.8. The average molecular weight is 254 g/mol. The Kier molecular flexibility index (Phi) is 3.85. The number of rotatable bonds is 2. The number of carbonyl (C=O) groups excluding carboxylic acids is 1. The first-order valence-corrected chi connectivity index (χ1v) is 7.09. The zero-order chi connectivity index (χ0) is 13.2. The minimum Gasteiger partial charge on any atom is -0.444 e. The van der Waals surface area contributed by atoms with Crippen LogP contribution in [0.15, 0.2) is 0 Å². The number of hydrogen-bond acceptors (Lipinski definition) is 3. The van der Waals surface area contributed by atoms with E-state index in [0.717, 1.165) is 25.6 Å². The molecule has 18 heavy (non-hydrogen) atoms. The summed E-state index contributed by atoms with van der Waals surface area (Å²) >= 11 is 0. The van der Waals surface area contributed by atoms with Crippen LogP contribution >= 0.6 is 0 Å². The standard InChI is InChI=1S/C14H26N2O2/c1-13(2,3)18-12(17)16-10-14-7-5-4-6-11(14)8-15-9-14/h11,15H,4-10H2,1-3H3,(H,16,17). The Hall–Kier alpha value is -0.770. The summed E-state index contributed by atoms with van der Waals surface area (Å²) in [6, 6.07) is 0. The molecule has 2 aliphatic rings. The van der Waals surface area contributed by atoms with Gasteiger partial charge < -0.3 is 15.4 Å². The SMILES string of the molecule is CC(C)(C)OC(=O)NCC12CCCCC1CNC2. The van der Waals surface area contributed by atoms with Crippen LogP contribution in [0.5, 0.6) is 0 Å². The van der Waals surface area contributed by atoms with E-state index in [-0.39, 0.29) is 11.5 Å². The molecule has 1 aliphatic heterocycles. The van der Waals surface area contributed by atoms with Gasteiger partial charge in [0.25, 0.3) is 0 Å². The molecule has 0 bridgehead atoms. The lowest BCUT2D eigenvalue weighted by Crippen LogP contribution is -2.45. The smallest absolute Gasteiger partial charge is 0.407 e. The van der Waals surface area contributed by atoms with E-state index < -0.39 is 5.60 Å². The van der Waals surface area contributed by atoms with Crippen LogP contribution in [0.4, 0.5) is 4.79 Å². The molecule has 2 fully saturated rings. The molecule has 1 aliphatic carbocycles. The Labute approximate surface area is 110 Å². The van der Waals surface area contributed by atoms with Crippen molar-refractivity contribution in [1.82, 2.24) is 10.6 Å². The van der Waals surface area contributed by atoms with Gasteiger partial charge in [-0.2, -0.15) is 0 Å². The predicted molar refractivity (Wildman–Crippen MR) is 71.5 cm³/mol. The maximum atomic E-state index is 11.7. The van der Waals surface area contributed by atoms with Gasteiger partial charge in [-0.3, -0.25) is 0 Å². The fraction of sp³-hybridized carbons (Fsp3) is 0.929. The number of amides is 1. The largest absolute Gasteiger partial charge is 0.444 e. The predicted octanol–water partition coefficient (Wildman–Crippen LogP) is 2.29. The van der Waals surface area contributed by atoms with Gasteiger partial charge in [-0.1, -0.05) is 12.8 Å². The average Bonchev–Trinajstić information content (AvgIpc) is 2.68. The summed E-state index contributed by atoms with van der Waals surface area (Å²) in [6.45, 7) is 8.57. The molecule has 2 atom stereocenters. The molecular weight excluding hydrogens is 228 g/mol. The van der Waals surface area contributed by atoms with Crippen molar-refractivity contribution in [2.45, 2.75) is 52.1 Å². The third kappa shape index (κ3) is 3.16. The Morgan fingerprint density at radius 3 is 2.94 bits per heavy atom. The third-order valence-electron chi connectivity index (χ3n) is 4.19. The Balaban J connectivity index is 1.86. The second-order valence-electron chi connectivity index (χ2n) is 6.79. The maximum Gasteiger partial charge on any atom is 0.407 e. The summed E-state index contributed by atoms with van der Waals surface area (Å²) in [6.07, 6.45) is 4.85. The van der Waals surface area contributed by atoms with Crippen molar-refractivity contribution in [1.29, 1.82) is 0 Å². The fourth-order valence-corrected chi connectivity index (χ4v) is 3.28. The molecule has 1 saturated heterocycles. The highest BCUT2D eigenvalue weighted by Crippen LogP contribution is 2.43. The van der Waals surface area contributed by atoms with Gasteiger partial charge in [0.05, 0.1) is 0 Å². The van der Waals surface area contributed by atoms with Gasteiger partial charge >= 0.3 is 6.09 Å². The van der Waals surface area contributed by atoms with E-state index in [2.05, 4.69) is 10.6 Å². The summed E-state index contributed by atoms with van der Waals surface area (Å²) < 4.78 is 5.30. The molecule has 104 valence electrons. The summed E-state index contributed by atoms with van der Waals surface area (Å²) in [5.41, 5.74) is -0.142. The summed E-state index contributed by atoms with van der Waals surface area (Å²) in [5.74, 6) is 0.723. The van der Waals surface area contributed by atoms with E-state index in [1.165, 1.54) is 25.7 Å². The zero-order valence-corrected chi connectivity index (χ0v) is 11.8. The first kappa shape index (κ1) is 13.7. The number of alkyl carbamates (subject to hydrolysis) is 1. The Morgan fingerprint density at radius 1 is 1.44 bits per heavy atom. The number of nitrogens with one attached hydrogen (secondary N) is 2. The van der Waals surface area contributed by atoms with Crippen molar-refractivity contribution in [3.8, 4) is 0 Å². The molecule has 0 spiro atoms. The first-order chi connectivity index (χ1) is 8.41. The Morgan fingerprint density at radius 2 is 2.22 bits per heavy atom. The minimum atomic E-state index is -0.415. The topological polar surface area (TPSA) is 50.4 Å². The number of fused-ring (bicyclic) bond motifs is 1. The molecule has 2 rings (SSSR count). The monoisotopic (exact) mass is 254 g/mol. The van der Waals surface area contributed by atoms with E-state index in [4.69, 9.17) is 4.74 Å².